The summed E-state index contributed by atoms with van der Waals surface area (Å²) >= 11 is 3.64. The van der Waals surface area contributed by atoms with Gasteiger partial charge in [0, 0.05) is 21.5 Å². The van der Waals surface area contributed by atoms with Crippen LogP contribution in [0.5, 0.6) is 23.1 Å². The van der Waals surface area contributed by atoms with Crippen molar-refractivity contribution in [3.8, 4) is 34.5 Å². The van der Waals surface area contributed by atoms with Crippen molar-refractivity contribution in [3.63, 3.8) is 0 Å². The van der Waals surface area contributed by atoms with E-state index in [1.165, 1.54) is 0 Å². The van der Waals surface area contributed by atoms with Crippen LogP contribution in [0.4, 0.5) is 0 Å². The standard InChI is InChI=1S/C30H21BrN4O3/c1-36-22-13-12-18(15-24(22)37-2)25-26-19-8-4-3-7-17(19)11-14-23(26)38-30-27(25)29-33-28(34-35(29)16-32-30)20-9-5-6-10-21(20)31/h3-16,25H,1-2H3/t25-/m1/s1. The first-order valence-corrected chi connectivity index (χ1v) is 12.9. The van der Waals surface area contributed by atoms with Crippen LogP contribution in [0.15, 0.2) is 89.7 Å². The number of fused-ring (bicyclic) bond motifs is 6. The molecular weight excluding hydrogens is 544 g/mol. The molecule has 7 rings (SSSR count). The van der Waals surface area contributed by atoms with Gasteiger partial charge in [0.15, 0.2) is 23.0 Å². The highest BCUT2D eigenvalue weighted by atomic mass is 79.9. The van der Waals surface area contributed by atoms with Gasteiger partial charge < -0.3 is 14.2 Å². The quantitative estimate of drug-likeness (QED) is 0.229. The molecule has 8 heteroatoms. The molecule has 0 unspecified atom stereocenters. The van der Waals surface area contributed by atoms with Crippen LogP contribution in [0.2, 0.25) is 0 Å². The summed E-state index contributed by atoms with van der Waals surface area (Å²) in [6, 6.07) is 26.3. The lowest BCUT2D eigenvalue weighted by molar-refractivity contribution is 0.354. The average Bonchev–Trinajstić information content (AvgIpc) is 3.40. The Labute approximate surface area is 226 Å². The Morgan fingerprint density at radius 2 is 1.68 bits per heavy atom. The second-order valence-electron chi connectivity index (χ2n) is 8.99. The smallest absolute Gasteiger partial charge is 0.228 e. The van der Waals surface area contributed by atoms with Crippen molar-refractivity contribution >= 4 is 32.3 Å². The molecule has 0 amide bonds. The number of hydrogen-bond donors (Lipinski definition) is 0. The number of nitrogens with zero attached hydrogens (tertiary/aromatic N) is 4. The number of benzene rings is 4. The Kier molecular flexibility index (Phi) is 5.30. The van der Waals surface area contributed by atoms with E-state index in [0.717, 1.165) is 43.2 Å². The number of hydrogen-bond acceptors (Lipinski definition) is 6. The first-order valence-electron chi connectivity index (χ1n) is 12.1. The van der Waals surface area contributed by atoms with Crippen LogP contribution < -0.4 is 14.2 Å². The van der Waals surface area contributed by atoms with Gasteiger partial charge in [-0.25, -0.2) is 14.5 Å². The second kappa shape index (κ2) is 8.85. The van der Waals surface area contributed by atoms with Crippen molar-refractivity contribution in [1.29, 1.82) is 0 Å². The third kappa shape index (κ3) is 3.44. The van der Waals surface area contributed by atoms with Crippen molar-refractivity contribution < 1.29 is 14.2 Å². The highest BCUT2D eigenvalue weighted by Crippen LogP contribution is 2.51. The largest absolute Gasteiger partial charge is 0.493 e. The molecule has 186 valence electrons. The minimum Gasteiger partial charge on any atom is -0.493 e. The van der Waals surface area contributed by atoms with Crippen LogP contribution in [-0.4, -0.2) is 33.8 Å². The lowest BCUT2D eigenvalue weighted by Crippen LogP contribution is -2.15. The monoisotopic (exact) mass is 564 g/mol. The molecule has 0 bridgehead atoms. The predicted molar refractivity (Wildman–Crippen MR) is 148 cm³/mol. The normalized spacial score (nSPS) is 14.1. The molecule has 0 N–H and O–H groups in total. The van der Waals surface area contributed by atoms with E-state index >= 15 is 0 Å². The zero-order valence-corrected chi connectivity index (χ0v) is 22.1. The highest BCUT2D eigenvalue weighted by molar-refractivity contribution is 9.10. The molecule has 0 aliphatic carbocycles. The van der Waals surface area contributed by atoms with E-state index in [1.807, 2.05) is 54.6 Å². The van der Waals surface area contributed by atoms with E-state index in [2.05, 4.69) is 45.2 Å². The zero-order chi connectivity index (χ0) is 25.8. The van der Waals surface area contributed by atoms with Crippen LogP contribution in [0, 0.1) is 0 Å². The molecule has 0 radical (unpaired) electrons. The maximum atomic E-state index is 6.43. The average molecular weight is 565 g/mol. The van der Waals surface area contributed by atoms with Gasteiger partial charge in [0.1, 0.15) is 12.1 Å². The molecule has 0 saturated heterocycles. The molecule has 38 heavy (non-hydrogen) atoms. The highest BCUT2D eigenvalue weighted by Gasteiger charge is 2.35. The Bertz CT molecular complexity index is 1870. The molecule has 1 aliphatic rings. The van der Waals surface area contributed by atoms with Crippen molar-refractivity contribution in [2.75, 3.05) is 14.2 Å². The van der Waals surface area contributed by atoms with E-state index in [4.69, 9.17) is 24.3 Å². The third-order valence-electron chi connectivity index (χ3n) is 6.96. The fourth-order valence-corrected chi connectivity index (χ4v) is 5.69. The predicted octanol–water partition coefficient (Wildman–Crippen LogP) is 7.01. The van der Waals surface area contributed by atoms with E-state index in [-0.39, 0.29) is 5.92 Å². The molecule has 0 saturated carbocycles. The fourth-order valence-electron chi connectivity index (χ4n) is 5.23. The van der Waals surface area contributed by atoms with E-state index in [9.17, 15) is 0 Å². The molecule has 6 aromatic rings. The Balaban J connectivity index is 1.54. The van der Waals surface area contributed by atoms with Gasteiger partial charge in [0.2, 0.25) is 5.88 Å². The Hall–Kier alpha value is -4.43. The number of rotatable bonds is 4. The summed E-state index contributed by atoms with van der Waals surface area (Å²) in [7, 11) is 3.28. The summed E-state index contributed by atoms with van der Waals surface area (Å²) in [6.07, 6.45) is 1.65. The molecule has 0 spiro atoms. The van der Waals surface area contributed by atoms with Crippen molar-refractivity contribution in [3.05, 3.63) is 106 Å². The van der Waals surface area contributed by atoms with Crippen LogP contribution in [0.1, 0.15) is 22.6 Å². The van der Waals surface area contributed by atoms with Crippen molar-refractivity contribution in [2.45, 2.75) is 5.92 Å². The van der Waals surface area contributed by atoms with Gasteiger partial charge in [0.05, 0.1) is 19.8 Å². The second-order valence-corrected chi connectivity index (χ2v) is 9.85. The van der Waals surface area contributed by atoms with Gasteiger partial charge >= 0.3 is 0 Å². The van der Waals surface area contributed by atoms with E-state index in [1.54, 1.807) is 25.1 Å². The van der Waals surface area contributed by atoms with Crippen molar-refractivity contribution in [2.24, 2.45) is 0 Å². The number of ether oxygens (including phenoxy) is 3. The van der Waals surface area contributed by atoms with Gasteiger partial charge in [-0.05, 0) is 46.7 Å². The summed E-state index contributed by atoms with van der Waals surface area (Å²) in [4.78, 5) is 9.69. The molecule has 1 aliphatic heterocycles. The maximum absolute atomic E-state index is 6.43. The summed E-state index contributed by atoms with van der Waals surface area (Å²) in [5.74, 6) is 2.94. The number of halogens is 1. The summed E-state index contributed by atoms with van der Waals surface area (Å²) in [6.45, 7) is 0. The molecular formula is C30H21BrN4O3. The van der Waals surface area contributed by atoms with Crippen molar-refractivity contribution in [1.82, 2.24) is 19.6 Å². The van der Waals surface area contributed by atoms with Gasteiger partial charge in [-0.2, -0.15) is 0 Å². The van der Waals surface area contributed by atoms with Gasteiger partial charge in [-0.1, -0.05) is 64.5 Å². The number of methoxy groups -OCH3 is 2. The van der Waals surface area contributed by atoms with Gasteiger partial charge in [-0.3, -0.25) is 0 Å². The molecule has 3 heterocycles. The fraction of sp³-hybridized carbons (Fsp3) is 0.100. The minimum atomic E-state index is -0.243. The SMILES string of the molecule is COc1ccc([C@@H]2c3c(ccc4ccccc34)Oc3ncn4nc(-c5ccccc5Br)nc4c32)cc1OC. The molecule has 7 nitrogen and oxygen atoms in total. The van der Waals surface area contributed by atoms with E-state index < -0.39 is 0 Å². The summed E-state index contributed by atoms with van der Waals surface area (Å²) in [5, 5.41) is 7.00. The zero-order valence-electron chi connectivity index (χ0n) is 20.6. The number of aromatic nitrogens is 4. The lowest BCUT2D eigenvalue weighted by Gasteiger charge is -2.29. The van der Waals surface area contributed by atoms with Crippen LogP contribution >= 0.6 is 15.9 Å². The van der Waals surface area contributed by atoms with Crippen LogP contribution in [0.3, 0.4) is 0 Å². The van der Waals surface area contributed by atoms with E-state index in [0.29, 0.717) is 28.9 Å². The summed E-state index contributed by atoms with van der Waals surface area (Å²) < 4.78 is 20.3. The Morgan fingerprint density at radius 3 is 2.53 bits per heavy atom. The van der Waals surface area contributed by atoms with Crippen LogP contribution in [-0.2, 0) is 0 Å². The Morgan fingerprint density at radius 1 is 0.868 bits per heavy atom. The third-order valence-corrected chi connectivity index (χ3v) is 7.65. The molecule has 2 aromatic heterocycles. The van der Waals surface area contributed by atoms with Gasteiger partial charge in [-0.15, -0.1) is 5.10 Å². The van der Waals surface area contributed by atoms with Crippen LogP contribution in [0.25, 0.3) is 27.8 Å². The first kappa shape index (κ1) is 22.7. The summed E-state index contributed by atoms with van der Waals surface area (Å²) in [5.41, 5.74) is 4.47. The molecule has 1 atom stereocenters. The first-order chi connectivity index (χ1) is 18.7. The maximum Gasteiger partial charge on any atom is 0.228 e. The topological polar surface area (TPSA) is 70.8 Å². The lowest BCUT2D eigenvalue weighted by atomic mass is 9.81. The molecule has 0 fully saturated rings. The molecule has 4 aromatic carbocycles. The minimum absolute atomic E-state index is 0.243. The van der Waals surface area contributed by atoms with Gasteiger partial charge in [0.25, 0.3) is 0 Å².